The number of hydrogen-bond donors (Lipinski definition) is 0. The van der Waals surface area contributed by atoms with Crippen molar-refractivity contribution in [3.05, 3.63) is 0 Å². The summed E-state index contributed by atoms with van der Waals surface area (Å²) in [5.41, 5.74) is 0. The first-order valence-electron chi connectivity index (χ1n) is 1.79. The summed E-state index contributed by atoms with van der Waals surface area (Å²) in [6.07, 6.45) is -3.65. The molecule has 9 heteroatoms. The molecule has 0 rings (SSSR count). The maximum Gasteiger partial charge on any atom is 0.491 e. The number of carbonyl (C=O) groups excluding carboxylic acids is 1. The Morgan fingerprint density at radius 2 is 1.73 bits per heavy atom. The number of hydrogen-bond acceptors (Lipinski definition) is 4. The maximum atomic E-state index is 11.2. The third kappa shape index (κ3) is 7.64. The Balaban J connectivity index is 0. The minimum Gasteiger partial charge on any atom is -0.316 e. The van der Waals surface area contributed by atoms with Gasteiger partial charge in [-0.05, 0) is 0 Å². The van der Waals surface area contributed by atoms with Crippen LogP contribution in [0.3, 0.4) is 0 Å². The van der Waals surface area contributed by atoms with E-state index in [-0.39, 0.29) is 17.4 Å². The fourth-order valence-electron chi connectivity index (χ4n) is 0.134. The van der Waals surface area contributed by atoms with Gasteiger partial charge in [0.15, 0.2) is 0 Å². The Morgan fingerprint density at radius 3 is 1.82 bits per heavy atom. The molecule has 0 saturated heterocycles. The molecule has 0 aromatic carbocycles. The van der Waals surface area contributed by atoms with Crippen molar-refractivity contribution in [3.8, 4) is 0 Å². The van der Waals surface area contributed by atoms with Gasteiger partial charge in [-0.2, -0.15) is 17.2 Å². The van der Waals surface area contributed by atoms with Gasteiger partial charge in [-0.3, -0.25) is 0 Å². The van der Waals surface area contributed by atoms with Crippen molar-refractivity contribution >= 4 is 16.5 Å². The van der Waals surface area contributed by atoms with Crippen LogP contribution in [-0.4, -0.2) is 20.8 Å². The molecule has 0 saturated carbocycles. The SMILES string of the molecule is O=C(OS(=O)(=O)F)C(F)F.[Cr]. The normalized spacial score (nSPS) is 10.5. The molecule has 0 fully saturated rings. The Kier molecular flexibility index (Phi) is 5.56. The Morgan fingerprint density at radius 1 is 1.36 bits per heavy atom. The predicted molar refractivity (Wildman–Crippen MR) is 22.1 cm³/mol. The van der Waals surface area contributed by atoms with E-state index in [9.17, 15) is 25.9 Å². The molecular formula is C2HCrF3O4S. The zero-order valence-corrected chi connectivity index (χ0v) is 6.75. The van der Waals surface area contributed by atoms with Gasteiger partial charge >= 0.3 is 22.9 Å². The van der Waals surface area contributed by atoms with Gasteiger partial charge in [0, 0.05) is 17.4 Å². The van der Waals surface area contributed by atoms with Gasteiger partial charge in [0.25, 0.3) is 0 Å². The summed E-state index contributed by atoms with van der Waals surface area (Å²) in [5.74, 6) is -2.43. The fraction of sp³-hybridized carbons (Fsp3) is 0.500. The molecule has 0 amide bonds. The zero-order valence-electron chi connectivity index (χ0n) is 4.66. The van der Waals surface area contributed by atoms with Crippen molar-refractivity contribution in [2.75, 3.05) is 0 Å². The van der Waals surface area contributed by atoms with E-state index in [0.717, 1.165) is 0 Å². The van der Waals surface area contributed by atoms with E-state index in [1.54, 1.807) is 0 Å². The first kappa shape index (κ1) is 13.3. The standard InChI is InChI=1S/C2HF3O4S.Cr/c3-1(4)2(6)9-10(5,7)8;/h1H;. The summed E-state index contributed by atoms with van der Waals surface area (Å²) in [4.78, 5) is 9.57. The van der Waals surface area contributed by atoms with Crippen LogP contribution in [0, 0.1) is 0 Å². The number of halogens is 3. The molecule has 0 aromatic rings. The van der Waals surface area contributed by atoms with E-state index >= 15 is 0 Å². The van der Waals surface area contributed by atoms with Crippen molar-refractivity contribution in [1.82, 2.24) is 0 Å². The molecule has 0 N–H and O–H groups in total. The topological polar surface area (TPSA) is 60.4 Å². The van der Waals surface area contributed by atoms with Gasteiger partial charge in [0.1, 0.15) is 0 Å². The molecule has 4 nitrogen and oxygen atoms in total. The number of rotatable bonds is 2. The molecule has 11 heavy (non-hydrogen) atoms. The van der Waals surface area contributed by atoms with Crippen molar-refractivity contribution in [3.63, 3.8) is 0 Å². The van der Waals surface area contributed by atoms with Crippen LogP contribution in [-0.2, 0) is 36.8 Å². The molecular weight excluding hydrogens is 229 g/mol. The quantitative estimate of drug-likeness (QED) is 0.627. The van der Waals surface area contributed by atoms with Gasteiger partial charge in [0.2, 0.25) is 0 Å². The maximum absolute atomic E-state index is 11.2. The first-order chi connectivity index (χ1) is 4.33. The van der Waals surface area contributed by atoms with Gasteiger partial charge in [0.05, 0.1) is 0 Å². The predicted octanol–water partition coefficient (Wildman–Crippen LogP) is 0.00650. The second-order valence-electron chi connectivity index (χ2n) is 1.10. The summed E-state index contributed by atoms with van der Waals surface area (Å²) in [6.45, 7) is 0. The molecule has 0 unspecified atom stereocenters. The summed E-state index contributed by atoms with van der Waals surface area (Å²) in [7, 11) is -5.60. The molecule has 0 aliphatic carbocycles. The molecule has 0 bridgehead atoms. The van der Waals surface area contributed by atoms with Crippen LogP contribution in [0.4, 0.5) is 12.7 Å². The Labute approximate surface area is 70.9 Å². The molecule has 0 atom stereocenters. The molecule has 66 valence electrons. The monoisotopic (exact) mass is 230 g/mol. The second kappa shape index (κ2) is 4.59. The van der Waals surface area contributed by atoms with Crippen molar-refractivity contribution < 1.29 is 47.4 Å². The molecule has 0 radical (unpaired) electrons. The third-order valence-electron chi connectivity index (χ3n) is 0.360. The van der Waals surface area contributed by atoms with Crippen molar-refractivity contribution in [2.24, 2.45) is 0 Å². The van der Waals surface area contributed by atoms with E-state index in [0.29, 0.717) is 0 Å². The summed E-state index contributed by atoms with van der Waals surface area (Å²) in [6, 6.07) is 0. The van der Waals surface area contributed by atoms with E-state index in [2.05, 4.69) is 4.18 Å². The Bertz CT molecular complexity index is 223. The van der Waals surface area contributed by atoms with Crippen LogP contribution in [0.25, 0.3) is 0 Å². The largest absolute Gasteiger partial charge is 0.491 e. The first-order valence-corrected chi connectivity index (χ1v) is 3.10. The van der Waals surface area contributed by atoms with Crippen molar-refractivity contribution in [2.45, 2.75) is 6.43 Å². The van der Waals surface area contributed by atoms with Gasteiger partial charge in [-0.25, -0.2) is 4.79 Å². The van der Waals surface area contributed by atoms with Crippen LogP contribution >= 0.6 is 0 Å². The second-order valence-corrected chi connectivity index (χ2v) is 2.05. The minimum atomic E-state index is -5.60. The summed E-state index contributed by atoms with van der Waals surface area (Å²) < 4.78 is 54.5. The van der Waals surface area contributed by atoms with Gasteiger partial charge < -0.3 is 4.18 Å². The average molecular weight is 230 g/mol. The molecule has 0 heterocycles. The van der Waals surface area contributed by atoms with E-state index in [1.165, 1.54) is 0 Å². The summed E-state index contributed by atoms with van der Waals surface area (Å²) in [5, 5.41) is 0. The number of carbonyl (C=O) groups is 1. The Hall–Kier alpha value is -0.258. The minimum absolute atomic E-state index is 0. The average Bonchev–Trinajstić information content (AvgIpc) is 1.60. The van der Waals surface area contributed by atoms with Crippen LogP contribution < -0.4 is 0 Å². The van der Waals surface area contributed by atoms with Crippen LogP contribution in [0.5, 0.6) is 0 Å². The van der Waals surface area contributed by atoms with Gasteiger partial charge in [-0.1, -0.05) is 3.89 Å². The smallest absolute Gasteiger partial charge is 0.316 e. The van der Waals surface area contributed by atoms with E-state index < -0.39 is 22.9 Å². The third-order valence-corrected chi connectivity index (χ3v) is 0.723. The van der Waals surface area contributed by atoms with Crippen LogP contribution in [0.15, 0.2) is 0 Å². The molecule has 0 aliphatic rings. The molecule has 0 aliphatic heterocycles. The van der Waals surface area contributed by atoms with Gasteiger partial charge in [-0.15, -0.1) is 0 Å². The molecule has 0 spiro atoms. The number of alkyl halides is 2. The van der Waals surface area contributed by atoms with E-state index in [4.69, 9.17) is 0 Å². The van der Waals surface area contributed by atoms with Crippen LogP contribution in [0.1, 0.15) is 0 Å². The van der Waals surface area contributed by atoms with Crippen LogP contribution in [0.2, 0.25) is 0 Å². The fourth-order valence-corrected chi connectivity index (χ4v) is 0.403. The van der Waals surface area contributed by atoms with E-state index in [1.807, 2.05) is 0 Å². The van der Waals surface area contributed by atoms with Crippen molar-refractivity contribution in [1.29, 1.82) is 0 Å². The zero-order chi connectivity index (χ0) is 8.36. The summed E-state index contributed by atoms with van der Waals surface area (Å²) >= 11 is 0. The molecule has 0 aromatic heterocycles.